The van der Waals surface area contributed by atoms with Crippen LogP contribution in [0.3, 0.4) is 0 Å². The van der Waals surface area contributed by atoms with E-state index in [1.165, 1.54) is 11.1 Å². The van der Waals surface area contributed by atoms with E-state index in [-0.39, 0.29) is 0 Å². The fourth-order valence-electron chi connectivity index (χ4n) is 4.46. The van der Waals surface area contributed by atoms with Crippen LogP contribution in [-0.2, 0) is 4.74 Å². The van der Waals surface area contributed by atoms with Crippen molar-refractivity contribution in [2.75, 3.05) is 18.2 Å². The van der Waals surface area contributed by atoms with Crippen molar-refractivity contribution in [2.45, 2.75) is 46.5 Å². The third-order valence-electron chi connectivity index (χ3n) is 7.51. The summed E-state index contributed by atoms with van der Waals surface area (Å²) < 4.78 is 5.06. The van der Waals surface area contributed by atoms with E-state index >= 15 is 0 Å². The Balaban J connectivity index is 0.000000187. The van der Waals surface area contributed by atoms with Gasteiger partial charge in [-0.25, -0.2) is 0 Å². The van der Waals surface area contributed by atoms with E-state index < -0.39 is 0 Å². The van der Waals surface area contributed by atoms with Crippen LogP contribution in [0.4, 0.5) is 22.7 Å². The summed E-state index contributed by atoms with van der Waals surface area (Å²) in [5.74, 6) is 1.74. The minimum atomic E-state index is 0.445. The van der Waals surface area contributed by atoms with Crippen molar-refractivity contribution in [3.05, 3.63) is 150 Å². The molecule has 0 heterocycles. The number of nitrogens with one attached hydrogen (secondary N) is 1. The Morgan fingerprint density at radius 3 is 1.72 bits per heavy atom. The lowest BCUT2D eigenvalue weighted by Crippen LogP contribution is -2.04. The van der Waals surface area contributed by atoms with Crippen LogP contribution in [0.1, 0.15) is 45.1 Å². The molecule has 0 fully saturated rings. The maximum atomic E-state index is 6.06. The molecule has 2 aliphatic carbocycles. The molecule has 1 atom stereocenters. The lowest BCUT2D eigenvalue weighted by Gasteiger charge is -2.13. The molecule has 3 N–H and O–H groups in total. The molecule has 0 amide bonds. The number of ether oxygens (including phenoxy) is 1. The molecule has 0 aromatic heterocycles. The summed E-state index contributed by atoms with van der Waals surface area (Å²) in [5, 5.41) is 6.65. The summed E-state index contributed by atoms with van der Waals surface area (Å²) in [7, 11) is 1.72. The third-order valence-corrected chi connectivity index (χ3v) is 9.41. The lowest BCUT2D eigenvalue weighted by atomic mass is 9.96. The molecule has 4 nitrogen and oxygen atoms in total. The Bertz CT molecular complexity index is 1770. The van der Waals surface area contributed by atoms with E-state index in [1.54, 1.807) is 25.3 Å². The zero-order valence-electron chi connectivity index (χ0n) is 28.4. The molecular weight excluding hydrogens is 751 g/mol. The van der Waals surface area contributed by atoms with Crippen LogP contribution in [0, 0.1) is 12.8 Å². The first-order valence-electron chi connectivity index (χ1n) is 15.9. The van der Waals surface area contributed by atoms with Crippen molar-refractivity contribution in [3.8, 4) is 0 Å². The molecule has 4 aromatic carbocycles. The number of methoxy groups -OCH3 is 1. The van der Waals surface area contributed by atoms with Gasteiger partial charge in [0.1, 0.15) is 5.69 Å². The Kier molecular flexibility index (Phi) is 17.6. The molecule has 4 aromatic rings. The average molecular weight is 793 g/mol. The summed E-state index contributed by atoms with van der Waals surface area (Å²) in [5.41, 5.74) is 12.0. The molecule has 0 saturated heterocycles. The van der Waals surface area contributed by atoms with Gasteiger partial charge in [-0.2, -0.15) is 0 Å². The summed E-state index contributed by atoms with van der Waals surface area (Å²) in [6, 6.07) is 24.1. The van der Waals surface area contributed by atoms with Gasteiger partial charge in [0.15, 0.2) is 0 Å². The number of nitrogens with two attached hydrogens (primary N) is 1. The zero-order chi connectivity index (χ0) is 36.6. The number of nitrogen functional groups attached to an aromatic ring is 1. The maximum absolute atomic E-state index is 6.06. The first kappa shape index (κ1) is 41.3. The molecule has 0 saturated carbocycles. The standard InChI is InChI=1S/C13H13Cl2N.C13H11Cl2N.C8H12O.C6H5Cl2N/c2*1-9-5-7-10(8-6-9)16-13-11(14)3-2-4-12(13)15;1-7-3-5-8(9-2)6-4-7;7-4-2-1-3-5(8)6(4)9/h2-5,7,9H,6,8H2,1H3;2-8,16H,1H3;3,6H,4-5H2,1-2H3;1-3H,9H2. The summed E-state index contributed by atoms with van der Waals surface area (Å²) in [6.45, 7) is 6.39. The minimum absolute atomic E-state index is 0.445. The van der Waals surface area contributed by atoms with Crippen molar-refractivity contribution in [3.63, 3.8) is 0 Å². The van der Waals surface area contributed by atoms with E-state index in [9.17, 15) is 0 Å². The largest absolute Gasteiger partial charge is 0.501 e. The lowest BCUT2D eigenvalue weighted by molar-refractivity contribution is 0.282. The second-order valence-corrected chi connectivity index (χ2v) is 14.0. The Hall–Kier alpha value is -3.09. The molecule has 2 aliphatic rings. The maximum Gasteiger partial charge on any atom is 0.100 e. The number of hydrogen-bond donors (Lipinski definition) is 2. The van der Waals surface area contributed by atoms with Gasteiger partial charge >= 0.3 is 0 Å². The second-order valence-electron chi connectivity index (χ2n) is 11.6. The molecule has 1 unspecified atom stereocenters. The van der Waals surface area contributed by atoms with E-state index in [4.69, 9.17) is 80.1 Å². The highest BCUT2D eigenvalue weighted by Crippen LogP contribution is 2.34. The molecule has 10 heteroatoms. The topological polar surface area (TPSA) is 59.6 Å². The third kappa shape index (κ3) is 13.9. The smallest absolute Gasteiger partial charge is 0.100 e. The highest BCUT2D eigenvalue weighted by molar-refractivity contribution is 6.40. The predicted octanol–water partition coefficient (Wildman–Crippen LogP) is 14.9. The van der Waals surface area contributed by atoms with Gasteiger partial charge in [0, 0.05) is 17.8 Å². The number of aryl methyl sites for hydroxylation is 1. The second kappa shape index (κ2) is 21.3. The average Bonchev–Trinajstić information content (AvgIpc) is 3.10. The van der Waals surface area contributed by atoms with Crippen LogP contribution in [0.15, 0.2) is 119 Å². The van der Waals surface area contributed by atoms with Crippen LogP contribution in [0.5, 0.6) is 0 Å². The zero-order valence-corrected chi connectivity index (χ0v) is 33.0. The molecular formula is C40H41Cl6N3O. The van der Waals surface area contributed by atoms with Crippen LogP contribution in [0.25, 0.3) is 0 Å². The van der Waals surface area contributed by atoms with Gasteiger partial charge in [-0.1, -0.05) is 130 Å². The number of hydrogen-bond acceptors (Lipinski definition) is 4. The van der Waals surface area contributed by atoms with Gasteiger partial charge < -0.3 is 15.8 Å². The predicted molar refractivity (Wildman–Crippen MR) is 221 cm³/mol. The van der Waals surface area contributed by atoms with Crippen LogP contribution < -0.4 is 11.1 Å². The molecule has 0 bridgehead atoms. The van der Waals surface area contributed by atoms with E-state index in [2.05, 4.69) is 48.5 Å². The SMILES string of the molecule is CC1C=CC(=Nc2c(Cl)cccc2Cl)CC1.COC1=CCC(C)=CC1.Cc1ccc(Nc2c(Cl)cccc2Cl)cc1.Nc1c(Cl)cccc1Cl. The molecule has 0 radical (unpaired) electrons. The van der Waals surface area contributed by atoms with Gasteiger partial charge in [-0.3, -0.25) is 4.99 Å². The fourth-order valence-corrected chi connectivity index (χ4v) is 5.83. The molecule has 50 heavy (non-hydrogen) atoms. The molecule has 6 rings (SSSR count). The van der Waals surface area contributed by atoms with E-state index in [0.29, 0.717) is 47.4 Å². The normalized spacial score (nSPS) is 15.6. The molecule has 0 aliphatic heterocycles. The van der Waals surface area contributed by atoms with E-state index in [0.717, 1.165) is 48.5 Å². The molecule has 0 spiro atoms. The number of halogens is 6. The van der Waals surface area contributed by atoms with Crippen molar-refractivity contribution < 1.29 is 4.74 Å². The number of allylic oxidation sites excluding steroid dienone is 5. The fraction of sp³-hybridized carbons (Fsp3) is 0.225. The summed E-state index contributed by atoms with van der Waals surface area (Å²) in [6.07, 6.45) is 12.7. The summed E-state index contributed by atoms with van der Waals surface area (Å²) >= 11 is 35.5. The van der Waals surface area contributed by atoms with Gasteiger partial charge in [0.25, 0.3) is 0 Å². The highest BCUT2D eigenvalue weighted by atomic mass is 35.5. The number of benzene rings is 4. The minimum Gasteiger partial charge on any atom is -0.501 e. The molecule has 264 valence electrons. The highest BCUT2D eigenvalue weighted by Gasteiger charge is 2.10. The van der Waals surface area contributed by atoms with Crippen molar-refractivity contribution in [1.82, 2.24) is 0 Å². The van der Waals surface area contributed by atoms with E-state index in [1.807, 2.05) is 67.6 Å². The van der Waals surface area contributed by atoms with Crippen molar-refractivity contribution >= 4 is 98.1 Å². The summed E-state index contributed by atoms with van der Waals surface area (Å²) in [4.78, 5) is 4.52. The van der Waals surface area contributed by atoms with Gasteiger partial charge in [-0.05, 0) is 99.7 Å². The van der Waals surface area contributed by atoms with Crippen LogP contribution in [-0.4, -0.2) is 12.8 Å². The van der Waals surface area contributed by atoms with Crippen LogP contribution in [0.2, 0.25) is 30.1 Å². The number of anilines is 3. The Morgan fingerprint density at radius 2 is 1.26 bits per heavy atom. The van der Waals surface area contributed by atoms with Crippen LogP contribution >= 0.6 is 69.6 Å². The van der Waals surface area contributed by atoms with Crippen molar-refractivity contribution in [2.24, 2.45) is 10.9 Å². The number of aliphatic imine (C=N–C) groups is 1. The number of para-hydroxylation sites is 3. The first-order chi connectivity index (χ1) is 23.9. The Morgan fingerprint density at radius 1 is 0.720 bits per heavy atom. The number of rotatable bonds is 4. The van der Waals surface area contributed by atoms with Crippen molar-refractivity contribution in [1.29, 1.82) is 0 Å². The monoisotopic (exact) mass is 789 g/mol. The van der Waals surface area contributed by atoms with Gasteiger partial charge in [-0.15, -0.1) is 0 Å². The Labute approximate surface area is 326 Å². The quantitative estimate of drug-likeness (QED) is 0.160. The first-order valence-corrected chi connectivity index (χ1v) is 18.2. The van der Waals surface area contributed by atoms with Gasteiger partial charge in [0.05, 0.1) is 54.4 Å². The number of nitrogens with zero attached hydrogens (tertiary/aromatic N) is 1. The van der Waals surface area contributed by atoms with Gasteiger partial charge in [0.2, 0.25) is 0 Å².